The maximum absolute atomic E-state index is 12.8. The van der Waals surface area contributed by atoms with E-state index in [0.717, 1.165) is 17.7 Å². The van der Waals surface area contributed by atoms with Crippen LogP contribution in [-0.2, 0) is 0 Å². The fraction of sp³-hybridized carbons (Fsp3) is 0.200. The molecule has 0 radical (unpaired) electrons. The number of para-hydroxylation sites is 1. The zero-order valence-corrected chi connectivity index (χ0v) is 9.62. The average molecular weight is 225 g/mol. The molecular formula is C15H15NO. The molecule has 2 aromatic carbocycles. The van der Waals surface area contributed by atoms with Crippen molar-refractivity contribution in [3.05, 3.63) is 71.4 Å². The predicted molar refractivity (Wildman–Crippen MR) is 70.3 cm³/mol. The number of hydrogen-bond acceptors (Lipinski definition) is 1. The largest absolute Gasteiger partial charge is 0.627 e. The van der Waals surface area contributed by atoms with Gasteiger partial charge >= 0.3 is 0 Å². The molecule has 0 aliphatic carbocycles. The maximum Gasteiger partial charge on any atom is 0.133 e. The van der Waals surface area contributed by atoms with Gasteiger partial charge < -0.3 is 9.85 Å². The van der Waals surface area contributed by atoms with Crippen LogP contribution in [0, 0.1) is 5.21 Å². The number of hydroxylamine groups is 2. The van der Waals surface area contributed by atoms with E-state index < -0.39 is 0 Å². The third kappa shape index (κ3) is 1.66. The zero-order valence-electron chi connectivity index (χ0n) is 9.62. The molecule has 1 aliphatic heterocycles. The highest BCUT2D eigenvalue weighted by molar-refractivity contribution is 5.48. The number of nitrogens with zero attached hydrogens (tertiary/aromatic N) is 1. The van der Waals surface area contributed by atoms with E-state index in [-0.39, 0.29) is 10.7 Å². The Hall–Kier alpha value is -1.64. The molecule has 1 heterocycles. The maximum atomic E-state index is 12.8. The fourth-order valence-corrected chi connectivity index (χ4v) is 2.56. The Morgan fingerprint density at radius 1 is 0.882 bits per heavy atom. The Morgan fingerprint density at radius 2 is 1.47 bits per heavy atom. The average Bonchev–Trinajstić information content (AvgIpc) is 2.39. The molecule has 0 spiro atoms. The van der Waals surface area contributed by atoms with Gasteiger partial charge in [0.25, 0.3) is 0 Å². The number of hydrogen-bond donors (Lipinski definition) is 0. The van der Waals surface area contributed by atoms with Crippen molar-refractivity contribution in [2.24, 2.45) is 0 Å². The summed E-state index contributed by atoms with van der Waals surface area (Å²) >= 11 is 0. The van der Waals surface area contributed by atoms with Crippen LogP contribution in [0.1, 0.15) is 18.0 Å². The highest BCUT2D eigenvalue weighted by atomic mass is 16.6. The zero-order chi connectivity index (χ0) is 11.7. The number of quaternary nitrogens is 1. The lowest BCUT2D eigenvalue weighted by Crippen LogP contribution is -2.56. The monoisotopic (exact) mass is 225 g/mol. The molecule has 86 valence electrons. The van der Waals surface area contributed by atoms with Crippen LogP contribution in [0.2, 0.25) is 0 Å². The molecule has 2 unspecified atom stereocenters. The minimum absolute atomic E-state index is 0.0681. The molecule has 1 saturated heterocycles. The number of benzene rings is 2. The van der Waals surface area contributed by atoms with Crippen molar-refractivity contribution >= 4 is 5.69 Å². The van der Waals surface area contributed by atoms with Crippen LogP contribution in [0.5, 0.6) is 0 Å². The van der Waals surface area contributed by atoms with Gasteiger partial charge in [-0.1, -0.05) is 48.5 Å². The lowest BCUT2D eigenvalue weighted by molar-refractivity contribution is 0.160. The number of rotatable bonds is 2. The second-order valence-electron chi connectivity index (χ2n) is 4.57. The van der Waals surface area contributed by atoms with Crippen LogP contribution >= 0.6 is 0 Å². The Bertz CT molecular complexity index is 497. The summed E-state index contributed by atoms with van der Waals surface area (Å²) in [4.78, 5) is 0. The third-order valence-electron chi connectivity index (χ3n) is 3.62. The quantitative estimate of drug-likeness (QED) is 0.565. The topological polar surface area (TPSA) is 23.1 Å². The van der Waals surface area contributed by atoms with Gasteiger partial charge in [-0.2, -0.15) is 0 Å². The Balaban J connectivity index is 1.95. The Kier molecular flexibility index (Phi) is 2.46. The van der Waals surface area contributed by atoms with Crippen LogP contribution in [-0.4, -0.2) is 6.54 Å². The minimum Gasteiger partial charge on any atom is -0.627 e. The van der Waals surface area contributed by atoms with E-state index in [0.29, 0.717) is 6.54 Å². The summed E-state index contributed by atoms with van der Waals surface area (Å²) in [6.07, 6.45) is 0.975. The summed E-state index contributed by atoms with van der Waals surface area (Å²) in [5.74, 6) is 0. The lowest BCUT2D eigenvalue weighted by Gasteiger charge is -2.55. The van der Waals surface area contributed by atoms with E-state index >= 15 is 0 Å². The van der Waals surface area contributed by atoms with Crippen molar-refractivity contribution < 1.29 is 0 Å². The van der Waals surface area contributed by atoms with Crippen LogP contribution in [0.3, 0.4) is 0 Å². The summed E-state index contributed by atoms with van der Waals surface area (Å²) < 4.78 is -0.204. The van der Waals surface area contributed by atoms with Crippen molar-refractivity contribution in [3.8, 4) is 0 Å². The predicted octanol–water partition coefficient (Wildman–Crippen LogP) is 3.64. The van der Waals surface area contributed by atoms with E-state index in [4.69, 9.17) is 0 Å². The first-order valence-electron chi connectivity index (χ1n) is 6.00. The van der Waals surface area contributed by atoms with Crippen LogP contribution in [0.25, 0.3) is 0 Å². The van der Waals surface area contributed by atoms with Crippen LogP contribution in [0.4, 0.5) is 5.69 Å². The second kappa shape index (κ2) is 3.99. The summed E-state index contributed by atoms with van der Waals surface area (Å²) in [6.45, 7) is 0.684. The summed E-state index contributed by atoms with van der Waals surface area (Å²) in [6, 6.07) is 19.9. The molecule has 2 aromatic rings. The van der Waals surface area contributed by atoms with E-state index in [1.807, 2.05) is 48.5 Å². The van der Waals surface area contributed by atoms with Crippen molar-refractivity contribution in [3.63, 3.8) is 0 Å². The molecule has 1 fully saturated rings. The molecular weight excluding hydrogens is 210 g/mol. The SMILES string of the molecule is [O-][N+]1(c2ccccc2)CCC1c1ccccc1. The molecule has 2 heteroatoms. The molecule has 2 atom stereocenters. The Morgan fingerprint density at radius 3 is 2.00 bits per heavy atom. The van der Waals surface area contributed by atoms with E-state index in [1.165, 1.54) is 0 Å². The first kappa shape index (κ1) is 10.5. The standard InChI is InChI=1S/C15H15NO/c17-16(14-9-5-2-6-10-14)12-11-15(16)13-7-3-1-4-8-13/h1-10,15H,11-12H2. The highest BCUT2D eigenvalue weighted by Gasteiger charge is 2.41. The van der Waals surface area contributed by atoms with Gasteiger partial charge in [0.2, 0.25) is 0 Å². The highest BCUT2D eigenvalue weighted by Crippen LogP contribution is 2.44. The fourth-order valence-electron chi connectivity index (χ4n) is 2.56. The first-order valence-corrected chi connectivity index (χ1v) is 6.00. The molecule has 3 rings (SSSR count). The molecule has 2 nitrogen and oxygen atoms in total. The van der Waals surface area contributed by atoms with Gasteiger partial charge in [-0.25, -0.2) is 0 Å². The molecule has 0 saturated carbocycles. The van der Waals surface area contributed by atoms with E-state index in [1.54, 1.807) is 0 Å². The summed E-state index contributed by atoms with van der Waals surface area (Å²) in [7, 11) is 0. The van der Waals surface area contributed by atoms with Gasteiger partial charge in [-0.15, -0.1) is 0 Å². The lowest BCUT2D eigenvalue weighted by atomic mass is 9.93. The van der Waals surface area contributed by atoms with Gasteiger partial charge in [0, 0.05) is 5.56 Å². The van der Waals surface area contributed by atoms with Gasteiger partial charge in [0.15, 0.2) is 0 Å². The smallest absolute Gasteiger partial charge is 0.133 e. The van der Waals surface area contributed by atoms with Gasteiger partial charge in [0.1, 0.15) is 11.7 Å². The first-order chi connectivity index (χ1) is 8.31. The molecule has 17 heavy (non-hydrogen) atoms. The van der Waals surface area contributed by atoms with Crippen molar-refractivity contribution in [2.45, 2.75) is 12.5 Å². The van der Waals surface area contributed by atoms with Gasteiger partial charge in [-0.3, -0.25) is 0 Å². The molecule has 0 N–H and O–H groups in total. The van der Waals surface area contributed by atoms with Crippen LogP contribution < -0.4 is 4.65 Å². The molecule has 0 bridgehead atoms. The van der Waals surface area contributed by atoms with Gasteiger partial charge in [-0.05, 0) is 12.1 Å². The third-order valence-corrected chi connectivity index (χ3v) is 3.62. The minimum atomic E-state index is -0.204. The van der Waals surface area contributed by atoms with Crippen LogP contribution in [0.15, 0.2) is 60.7 Å². The summed E-state index contributed by atoms with van der Waals surface area (Å²) in [5.41, 5.74) is 2.02. The van der Waals surface area contributed by atoms with E-state index in [2.05, 4.69) is 12.1 Å². The molecule has 1 aliphatic rings. The van der Waals surface area contributed by atoms with E-state index in [9.17, 15) is 5.21 Å². The molecule has 0 aromatic heterocycles. The van der Waals surface area contributed by atoms with Gasteiger partial charge in [0.05, 0.1) is 13.0 Å². The molecule has 0 amide bonds. The Labute approximate surface area is 101 Å². The van der Waals surface area contributed by atoms with Crippen molar-refractivity contribution in [1.82, 2.24) is 4.65 Å². The second-order valence-corrected chi connectivity index (χ2v) is 4.57. The summed E-state index contributed by atoms with van der Waals surface area (Å²) in [5, 5.41) is 12.8. The van der Waals surface area contributed by atoms with Crippen molar-refractivity contribution in [1.29, 1.82) is 0 Å². The van der Waals surface area contributed by atoms with Crippen molar-refractivity contribution in [2.75, 3.05) is 6.54 Å². The normalized spacial score (nSPS) is 27.5.